The Morgan fingerprint density at radius 1 is 1.50 bits per heavy atom. The predicted molar refractivity (Wildman–Crippen MR) is 72.5 cm³/mol. The minimum Gasteiger partial charge on any atom is -0.473 e. The summed E-state index contributed by atoms with van der Waals surface area (Å²) in [5.41, 5.74) is 6.35. The van der Waals surface area contributed by atoms with E-state index in [-0.39, 0.29) is 6.10 Å². The molecular formula is C13H20N4O. The van der Waals surface area contributed by atoms with E-state index < -0.39 is 0 Å². The zero-order valence-corrected chi connectivity index (χ0v) is 11.2. The maximum absolute atomic E-state index is 8.63. The molecule has 1 aromatic rings. The first kappa shape index (κ1) is 14.1. The third kappa shape index (κ3) is 3.81. The zero-order valence-electron chi connectivity index (χ0n) is 11.2. The Morgan fingerprint density at radius 3 is 2.78 bits per heavy atom. The van der Waals surface area contributed by atoms with Crippen molar-refractivity contribution in [1.29, 1.82) is 5.26 Å². The fourth-order valence-electron chi connectivity index (χ4n) is 1.55. The van der Waals surface area contributed by atoms with E-state index in [0.717, 1.165) is 12.4 Å². The maximum atomic E-state index is 8.63. The highest BCUT2D eigenvalue weighted by molar-refractivity contribution is 5.54. The smallest absolute Gasteiger partial charge is 0.239 e. The van der Waals surface area contributed by atoms with Crippen molar-refractivity contribution >= 4 is 11.5 Å². The van der Waals surface area contributed by atoms with Gasteiger partial charge >= 0.3 is 0 Å². The number of hydrogen-bond donors (Lipinski definition) is 1. The number of nitrogen functional groups attached to an aromatic ring is 1. The van der Waals surface area contributed by atoms with Crippen LogP contribution in [0.4, 0.5) is 11.5 Å². The number of rotatable bonds is 6. The van der Waals surface area contributed by atoms with Gasteiger partial charge in [0.1, 0.15) is 5.82 Å². The van der Waals surface area contributed by atoms with Gasteiger partial charge in [0, 0.05) is 13.1 Å². The van der Waals surface area contributed by atoms with Crippen LogP contribution in [-0.4, -0.2) is 24.2 Å². The zero-order chi connectivity index (χ0) is 13.5. The van der Waals surface area contributed by atoms with Gasteiger partial charge in [-0.25, -0.2) is 0 Å². The fraction of sp³-hybridized carbons (Fsp3) is 0.538. The fourth-order valence-corrected chi connectivity index (χ4v) is 1.55. The summed E-state index contributed by atoms with van der Waals surface area (Å²) in [6.07, 6.45) is 0.504. The summed E-state index contributed by atoms with van der Waals surface area (Å²) in [6.45, 7) is 7.34. The van der Waals surface area contributed by atoms with Crippen molar-refractivity contribution in [3.63, 3.8) is 0 Å². The Bertz CT molecular complexity index is 425. The second kappa shape index (κ2) is 6.70. The summed E-state index contributed by atoms with van der Waals surface area (Å²) in [5.74, 6) is 1.25. The molecule has 0 bridgehead atoms. The lowest BCUT2D eigenvalue weighted by atomic mass is 10.3. The van der Waals surface area contributed by atoms with Crippen molar-refractivity contribution in [2.24, 2.45) is 0 Å². The van der Waals surface area contributed by atoms with Gasteiger partial charge in [-0.1, -0.05) is 0 Å². The molecule has 0 spiro atoms. The summed E-state index contributed by atoms with van der Waals surface area (Å²) in [4.78, 5) is 6.43. The summed E-state index contributed by atoms with van der Waals surface area (Å²) in [5, 5.41) is 8.63. The Balaban J connectivity index is 2.91. The van der Waals surface area contributed by atoms with Crippen LogP contribution < -0.4 is 15.4 Å². The van der Waals surface area contributed by atoms with E-state index in [2.05, 4.69) is 11.1 Å². The Kier molecular flexibility index (Phi) is 5.25. The Hall–Kier alpha value is -1.96. The number of nitriles is 1. The lowest BCUT2D eigenvalue weighted by Crippen LogP contribution is -2.25. The number of aromatic nitrogens is 1. The lowest BCUT2D eigenvalue weighted by molar-refractivity contribution is 0.234. The monoisotopic (exact) mass is 248 g/mol. The molecule has 0 aromatic carbocycles. The molecule has 0 saturated heterocycles. The van der Waals surface area contributed by atoms with Gasteiger partial charge in [0.15, 0.2) is 0 Å². The third-order valence-corrected chi connectivity index (χ3v) is 2.42. The second-order valence-corrected chi connectivity index (χ2v) is 4.22. The average molecular weight is 248 g/mol. The number of anilines is 2. The van der Waals surface area contributed by atoms with Crippen LogP contribution in [0.25, 0.3) is 0 Å². The van der Waals surface area contributed by atoms with Gasteiger partial charge in [0.25, 0.3) is 0 Å². The Morgan fingerprint density at radius 2 is 2.22 bits per heavy atom. The molecule has 0 fully saturated rings. The van der Waals surface area contributed by atoms with Gasteiger partial charge in [-0.2, -0.15) is 10.2 Å². The van der Waals surface area contributed by atoms with Crippen molar-refractivity contribution < 1.29 is 4.74 Å². The van der Waals surface area contributed by atoms with E-state index in [1.165, 1.54) is 0 Å². The molecule has 1 rings (SSSR count). The largest absolute Gasteiger partial charge is 0.473 e. The van der Waals surface area contributed by atoms with Crippen LogP contribution in [-0.2, 0) is 0 Å². The van der Waals surface area contributed by atoms with Crippen LogP contribution in [0.3, 0.4) is 0 Å². The Labute approximate surface area is 108 Å². The van der Waals surface area contributed by atoms with Crippen molar-refractivity contribution in [1.82, 2.24) is 4.98 Å². The van der Waals surface area contributed by atoms with Crippen LogP contribution >= 0.6 is 0 Å². The number of hydrogen-bond acceptors (Lipinski definition) is 5. The molecular weight excluding hydrogens is 228 g/mol. The highest BCUT2D eigenvalue weighted by Gasteiger charge is 2.10. The van der Waals surface area contributed by atoms with E-state index in [9.17, 15) is 0 Å². The molecule has 2 N–H and O–H groups in total. The van der Waals surface area contributed by atoms with Crippen LogP contribution in [0.5, 0.6) is 5.88 Å². The van der Waals surface area contributed by atoms with Gasteiger partial charge < -0.3 is 15.4 Å². The summed E-state index contributed by atoms with van der Waals surface area (Å²) in [7, 11) is 0. The van der Waals surface area contributed by atoms with Gasteiger partial charge in [0.05, 0.1) is 24.3 Å². The number of nitrogens with zero attached hydrogens (tertiary/aromatic N) is 3. The summed E-state index contributed by atoms with van der Waals surface area (Å²) < 4.78 is 5.56. The molecule has 1 heterocycles. The van der Waals surface area contributed by atoms with Gasteiger partial charge in [-0.15, -0.1) is 0 Å². The van der Waals surface area contributed by atoms with Crippen LogP contribution in [0.2, 0.25) is 0 Å². The van der Waals surface area contributed by atoms with Crippen molar-refractivity contribution in [3.05, 3.63) is 12.1 Å². The molecule has 0 aliphatic carbocycles. The van der Waals surface area contributed by atoms with E-state index in [4.69, 9.17) is 15.7 Å². The third-order valence-electron chi connectivity index (χ3n) is 2.42. The molecule has 0 amide bonds. The highest BCUT2D eigenvalue weighted by Crippen LogP contribution is 2.24. The predicted octanol–water partition coefficient (Wildman–Crippen LogP) is 2.19. The quantitative estimate of drug-likeness (QED) is 0.835. The number of ether oxygens (including phenoxy) is 1. The molecule has 0 radical (unpaired) electrons. The van der Waals surface area contributed by atoms with Gasteiger partial charge in [-0.05, 0) is 32.9 Å². The van der Waals surface area contributed by atoms with E-state index in [0.29, 0.717) is 24.5 Å². The molecule has 18 heavy (non-hydrogen) atoms. The standard InChI is InChI=1S/C13H20N4O/c1-4-17(9-5-8-14)12-7-6-11(15)13(16-12)18-10(2)3/h6-7,10H,4-5,9,15H2,1-3H3. The maximum Gasteiger partial charge on any atom is 0.239 e. The first-order valence-electron chi connectivity index (χ1n) is 6.13. The van der Waals surface area contributed by atoms with E-state index in [1.54, 1.807) is 6.07 Å². The second-order valence-electron chi connectivity index (χ2n) is 4.22. The highest BCUT2D eigenvalue weighted by atomic mass is 16.5. The van der Waals surface area contributed by atoms with Crippen molar-refractivity contribution in [3.8, 4) is 11.9 Å². The SMILES string of the molecule is CCN(CCC#N)c1ccc(N)c(OC(C)C)n1. The minimum atomic E-state index is 0.0317. The van der Waals surface area contributed by atoms with E-state index in [1.807, 2.05) is 31.7 Å². The molecule has 1 aromatic heterocycles. The van der Waals surface area contributed by atoms with Crippen molar-refractivity contribution in [2.75, 3.05) is 23.7 Å². The molecule has 0 saturated carbocycles. The molecule has 5 nitrogen and oxygen atoms in total. The first-order valence-corrected chi connectivity index (χ1v) is 6.13. The summed E-state index contributed by atoms with van der Waals surface area (Å²) in [6, 6.07) is 5.77. The average Bonchev–Trinajstić information content (AvgIpc) is 2.33. The van der Waals surface area contributed by atoms with Crippen LogP contribution in [0.1, 0.15) is 27.2 Å². The molecule has 0 aliphatic heterocycles. The molecule has 5 heteroatoms. The number of pyridine rings is 1. The number of nitrogens with two attached hydrogens (primary N) is 1. The normalized spacial score (nSPS) is 10.2. The lowest BCUT2D eigenvalue weighted by Gasteiger charge is -2.22. The molecule has 0 atom stereocenters. The topological polar surface area (TPSA) is 75.2 Å². The van der Waals surface area contributed by atoms with Crippen molar-refractivity contribution in [2.45, 2.75) is 33.3 Å². The molecule has 98 valence electrons. The molecule has 0 aliphatic rings. The first-order chi connectivity index (χ1) is 8.58. The van der Waals surface area contributed by atoms with Gasteiger partial charge in [-0.3, -0.25) is 0 Å². The van der Waals surface area contributed by atoms with Crippen LogP contribution in [0, 0.1) is 11.3 Å². The van der Waals surface area contributed by atoms with Crippen LogP contribution in [0.15, 0.2) is 12.1 Å². The summed E-state index contributed by atoms with van der Waals surface area (Å²) >= 11 is 0. The minimum absolute atomic E-state index is 0.0317. The molecule has 0 unspecified atom stereocenters. The van der Waals surface area contributed by atoms with Gasteiger partial charge in [0.2, 0.25) is 5.88 Å². The van der Waals surface area contributed by atoms with E-state index >= 15 is 0 Å².